The van der Waals surface area contributed by atoms with Crippen LogP contribution >= 0.6 is 0 Å². The van der Waals surface area contributed by atoms with Crippen LogP contribution in [0.5, 0.6) is 0 Å². The van der Waals surface area contributed by atoms with Crippen molar-refractivity contribution in [2.45, 2.75) is 110 Å². The second-order valence-electron chi connectivity index (χ2n) is 11.7. The molecule has 3 heterocycles. The minimum absolute atomic E-state index is 0.118. The van der Waals surface area contributed by atoms with E-state index in [9.17, 15) is 24.0 Å². The van der Waals surface area contributed by atoms with E-state index in [2.05, 4.69) is 16.0 Å². The van der Waals surface area contributed by atoms with E-state index in [1.807, 2.05) is 41.5 Å². The predicted molar refractivity (Wildman–Crippen MR) is 139 cm³/mol. The lowest BCUT2D eigenvalue weighted by atomic mass is 9.95. The van der Waals surface area contributed by atoms with E-state index < -0.39 is 36.1 Å². The topological polar surface area (TPSA) is 128 Å². The third-order valence-corrected chi connectivity index (χ3v) is 8.02. The van der Waals surface area contributed by atoms with Crippen LogP contribution in [0.4, 0.5) is 0 Å². The number of nitrogens with zero attached hydrogens (tertiary/aromatic N) is 2. The summed E-state index contributed by atoms with van der Waals surface area (Å²) in [6.45, 7) is 12.4. The highest BCUT2D eigenvalue weighted by molar-refractivity contribution is 5.98. The number of hydrogen-bond donors (Lipinski definition) is 3. The van der Waals surface area contributed by atoms with Gasteiger partial charge in [-0.05, 0) is 49.9 Å². The van der Waals surface area contributed by atoms with Crippen LogP contribution in [0, 0.1) is 17.8 Å². The molecule has 0 aromatic carbocycles. The lowest BCUT2D eigenvalue weighted by Crippen LogP contribution is -2.59. The number of amides is 5. The van der Waals surface area contributed by atoms with Gasteiger partial charge >= 0.3 is 0 Å². The molecule has 208 valence electrons. The van der Waals surface area contributed by atoms with E-state index in [0.717, 1.165) is 0 Å². The second kappa shape index (κ2) is 12.3. The fourth-order valence-corrected chi connectivity index (χ4v) is 5.63. The SMILES string of the molecule is CCC(C)[C@@H]1NC(=O)[C@H](CC(C)C)NC(=O)[C@@H]2CCCN2C(=O)[C@H](C(C)C)NC(=O)[C@@H]2CCCN2C1=O. The second-order valence-corrected chi connectivity index (χ2v) is 11.7. The van der Waals surface area contributed by atoms with E-state index >= 15 is 0 Å². The maximum atomic E-state index is 13.8. The van der Waals surface area contributed by atoms with Gasteiger partial charge in [-0.15, -0.1) is 0 Å². The van der Waals surface area contributed by atoms with Crippen LogP contribution in [0.3, 0.4) is 0 Å². The number of carbonyl (C=O) groups is 5. The Bertz CT molecular complexity index is 890. The Labute approximate surface area is 220 Å². The van der Waals surface area contributed by atoms with Gasteiger partial charge in [0.1, 0.15) is 30.2 Å². The Morgan fingerprint density at radius 2 is 1.22 bits per heavy atom. The van der Waals surface area contributed by atoms with Crippen molar-refractivity contribution in [1.29, 1.82) is 0 Å². The average molecular weight is 520 g/mol. The summed E-state index contributed by atoms with van der Waals surface area (Å²) in [7, 11) is 0. The maximum Gasteiger partial charge on any atom is 0.246 e. The van der Waals surface area contributed by atoms with Gasteiger partial charge in [-0.2, -0.15) is 0 Å². The van der Waals surface area contributed by atoms with Gasteiger partial charge in [0, 0.05) is 13.1 Å². The Hall–Kier alpha value is -2.65. The van der Waals surface area contributed by atoms with Crippen LogP contribution in [0.2, 0.25) is 0 Å². The number of nitrogens with one attached hydrogen (secondary N) is 3. The molecule has 3 rings (SSSR count). The highest BCUT2D eigenvalue weighted by Gasteiger charge is 2.44. The molecule has 3 aliphatic rings. The molecule has 0 aliphatic carbocycles. The van der Waals surface area contributed by atoms with Crippen molar-refractivity contribution in [2.75, 3.05) is 13.1 Å². The average Bonchev–Trinajstić information content (AvgIpc) is 3.53. The summed E-state index contributed by atoms with van der Waals surface area (Å²) in [5.41, 5.74) is 0. The molecule has 10 heteroatoms. The predicted octanol–water partition coefficient (Wildman–Crippen LogP) is 1.18. The Balaban J connectivity index is 2.04. The van der Waals surface area contributed by atoms with Crippen LogP contribution in [0.1, 0.15) is 80.1 Å². The molecule has 0 radical (unpaired) electrons. The van der Waals surface area contributed by atoms with Crippen LogP contribution in [-0.2, 0) is 24.0 Å². The molecule has 10 nitrogen and oxygen atoms in total. The fraction of sp³-hybridized carbons (Fsp3) is 0.815. The summed E-state index contributed by atoms with van der Waals surface area (Å²) in [5.74, 6) is -1.98. The molecule has 0 spiro atoms. The molecule has 3 aliphatic heterocycles. The standard InChI is InChI=1S/C27H45N5O5/c1-7-17(6)22-27(37)32-13-9-11-20(32)25(35)29-21(16(4)5)26(36)31-12-8-10-19(31)24(34)28-18(14-15(2)3)23(33)30-22/h15-22H,7-14H2,1-6H3,(H,28,34)(H,29,35)(H,30,33)/t17?,18-,19-,20-,21-,22-/m0/s1. The number of hydrogen-bond acceptors (Lipinski definition) is 5. The van der Waals surface area contributed by atoms with Crippen molar-refractivity contribution in [3.63, 3.8) is 0 Å². The smallest absolute Gasteiger partial charge is 0.246 e. The Morgan fingerprint density at radius 1 is 0.730 bits per heavy atom. The van der Waals surface area contributed by atoms with E-state index in [1.54, 1.807) is 9.80 Å². The summed E-state index contributed by atoms with van der Waals surface area (Å²) in [6, 6.07) is -3.85. The molecule has 0 aromatic rings. The zero-order chi connectivity index (χ0) is 27.4. The van der Waals surface area contributed by atoms with Gasteiger partial charge in [0.2, 0.25) is 29.5 Å². The molecule has 0 saturated carbocycles. The molecule has 1 unspecified atom stereocenters. The van der Waals surface area contributed by atoms with Gasteiger partial charge in [-0.25, -0.2) is 0 Å². The van der Waals surface area contributed by atoms with Crippen LogP contribution in [0.15, 0.2) is 0 Å². The maximum absolute atomic E-state index is 13.8. The largest absolute Gasteiger partial charge is 0.343 e. The van der Waals surface area contributed by atoms with E-state index in [-0.39, 0.29) is 41.4 Å². The summed E-state index contributed by atoms with van der Waals surface area (Å²) in [5, 5.41) is 8.74. The minimum Gasteiger partial charge on any atom is -0.343 e. The van der Waals surface area contributed by atoms with E-state index in [1.165, 1.54) is 0 Å². The number of carbonyl (C=O) groups excluding carboxylic acids is 5. The van der Waals surface area contributed by atoms with Gasteiger partial charge in [0.25, 0.3) is 0 Å². The van der Waals surface area contributed by atoms with E-state index in [4.69, 9.17) is 0 Å². The molecule has 37 heavy (non-hydrogen) atoms. The van der Waals surface area contributed by atoms with Gasteiger partial charge in [-0.3, -0.25) is 24.0 Å². The first-order chi connectivity index (χ1) is 17.5. The van der Waals surface area contributed by atoms with Crippen molar-refractivity contribution in [3.05, 3.63) is 0 Å². The highest BCUT2D eigenvalue weighted by atomic mass is 16.2. The first-order valence-electron chi connectivity index (χ1n) is 14.0. The summed E-state index contributed by atoms with van der Waals surface area (Å²) in [4.78, 5) is 70.8. The van der Waals surface area contributed by atoms with Crippen LogP contribution in [0.25, 0.3) is 0 Å². The molecule has 3 saturated heterocycles. The molecule has 3 fully saturated rings. The van der Waals surface area contributed by atoms with Gasteiger partial charge in [-0.1, -0.05) is 48.0 Å². The summed E-state index contributed by atoms with van der Waals surface area (Å²) >= 11 is 0. The fourth-order valence-electron chi connectivity index (χ4n) is 5.63. The number of rotatable bonds is 5. The molecule has 0 bridgehead atoms. The molecule has 0 aromatic heterocycles. The molecular weight excluding hydrogens is 474 g/mol. The zero-order valence-corrected chi connectivity index (χ0v) is 23.2. The van der Waals surface area contributed by atoms with Crippen molar-refractivity contribution in [3.8, 4) is 0 Å². The third kappa shape index (κ3) is 6.44. The van der Waals surface area contributed by atoms with Gasteiger partial charge in [0.05, 0.1) is 0 Å². The quantitative estimate of drug-likeness (QED) is 0.503. The van der Waals surface area contributed by atoms with Gasteiger partial charge < -0.3 is 25.8 Å². The van der Waals surface area contributed by atoms with Crippen LogP contribution in [-0.4, -0.2) is 82.6 Å². The van der Waals surface area contributed by atoms with Crippen LogP contribution < -0.4 is 16.0 Å². The lowest BCUT2D eigenvalue weighted by molar-refractivity contribution is -0.145. The summed E-state index contributed by atoms with van der Waals surface area (Å²) < 4.78 is 0. The molecule has 5 amide bonds. The number of fused-ring (bicyclic) bond motifs is 2. The third-order valence-electron chi connectivity index (χ3n) is 8.02. The van der Waals surface area contributed by atoms with Crippen molar-refractivity contribution in [1.82, 2.24) is 25.8 Å². The lowest BCUT2D eigenvalue weighted by Gasteiger charge is -2.33. The van der Waals surface area contributed by atoms with Crippen molar-refractivity contribution < 1.29 is 24.0 Å². The monoisotopic (exact) mass is 519 g/mol. The molecule has 6 atom stereocenters. The first kappa shape index (κ1) is 28.9. The van der Waals surface area contributed by atoms with Crippen molar-refractivity contribution in [2.24, 2.45) is 17.8 Å². The minimum atomic E-state index is -0.829. The summed E-state index contributed by atoms with van der Waals surface area (Å²) in [6.07, 6.45) is 3.40. The molecular formula is C27H45N5O5. The Morgan fingerprint density at radius 3 is 1.70 bits per heavy atom. The van der Waals surface area contributed by atoms with Crippen molar-refractivity contribution >= 4 is 29.5 Å². The first-order valence-corrected chi connectivity index (χ1v) is 14.0. The molecule has 3 N–H and O–H groups in total. The van der Waals surface area contributed by atoms with Gasteiger partial charge in [0.15, 0.2) is 0 Å². The van der Waals surface area contributed by atoms with E-state index in [0.29, 0.717) is 51.6 Å². The zero-order valence-electron chi connectivity index (χ0n) is 23.2. The Kier molecular flexibility index (Phi) is 9.58. The highest BCUT2D eigenvalue weighted by Crippen LogP contribution is 2.25. The normalized spacial score (nSPS) is 30.9.